The highest BCUT2D eigenvalue weighted by atomic mass is 35.5. The standard InChI is InChI=1S/C25H19ClN2O5/c26-18-5-3-6-19(13-18)28-23(30)12-17(25(28)32)11-16-4-1-2-7-22(16)33-14-15-8-9-20(24(27)31)21(29)10-15/h1-11,13,29H,12,14H2,(H2,27,31)/b17-11+. The van der Waals surface area contributed by atoms with Crippen LogP contribution >= 0.6 is 11.6 Å². The molecule has 1 aliphatic rings. The lowest BCUT2D eigenvalue weighted by molar-refractivity contribution is -0.120. The van der Waals surface area contributed by atoms with E-state index in [2.05, 4.69) is 0 Å². The van der Waals surface area contributed by atoms with E-state index < -0.39 is 11.8 Å². The van der Waals surface area contributed by atoms with E-state index in [1.165, 1.54) is 12.1 Å². The highest BCUT2D eigenvalue weighted by Crippen LogP contribution is 2.31. The van der Waals surface area contributed by atoms with Crippen LogP contribution in [-0.4, -0.2) is 22.8 Å². The third-order valence-electron chi connectivity index (χ3n) is 5.11. The number of carbonyl (C=O) groups is 3. The molecular weight excluding hydrogens is 444 g/mol. The Morgan fingerprint density at radius 2 is 1.88 bits per heavy atom. The van der Waals surface area contributed by atoms with Gasteiger partial charge in [-0.05, 0) is 48.0 Å². The van der Waals surface area contributed by atoms with Crippen LogP contribution < -0.4 is 15.4 Å². The van der Waals surface area contributed by atoms with Gasteiger partial charge in [0.05, 0.1) is 17.7 Å². The number of anilines is 1. The van der Waals surface area contributed by atoms with Crippen molar-refractivity contribution in [3.63, 3.8) is 0 Å². The molecule has 0 saturated carbocycles. The topological polar surface area (TPSA) is 110 Å². The second-order valence-corrected chi connectivity index (χ2v) is 7.84. The monoisotopic (exact) mass is 462 g/mol. The zero-order valence-electron chi connectivity index (χ0n) is 17.3. The molecule has 3 N–H and O–H groups in total. The summed E-state index contributed by atoms with van der Waals surface area (Å²) >= 11 is 6.01. The predicted molar refractivity (Wildman–Crippen MR) is 124 cm³/mol. The van der Waals surface area contributed by atoms with Crippen LogP contribution in [0.1, 0.15) is 27.9 Å². The van der Waals surface area contributed by atoms with Gasteiger partial charge >= 0.3 is 0 Å². The molecule has 1 aliphatic heterocycles. The van der Waals surface area contributed by atoms with E-state index in [0.29, 0.717) is 33.2 Å². The van der Waals surface area contributed by atoms with Gasteiger partial charge in [-0.3, -0.25) is 14.4 Å². The Hall–Kier alpha value is -4.10. The number of carbonyl (C=O) groups excluding carboxylic acids is 3. The molecule has 3 aromatic rings. The number of amides is 3. The van der Waals surface area contributed by atoms with Crippen LogP contribution in [0.2, 0.25) is 5.02 Å². The highest BCUT2D eigenvalue weighted by Gasteiger charge is 2.35. The first-order valence-corrected chi connectivity index (χ1v) is 10.4. The second-order valence-electron chi connectivity index (χ2n) is 7.40. The van der Waals surface area contributed by atoms with E-state index in [1.54, 1.807) is 60.7 Å². The number of rotatable bonds is 6. The van der Waals surface area contributed by atoms with Crippen molar-refractivity contribution in [2.75, 3.05) is 4.90 Å². The summed E-state index contributed by atoms with van der Waals surface area (Å²) in [5, 5.41) is 10.4. The summed E-state index contributed by atoms with van der Waals surface area (Å²) in [7, 11) is 0. The number of hydrogen-bond donors (Lipinski definition) is 2. The van der Waals surface area contributed by atoms with E-state index in [0.717, 1.165) is 4.90 Å². The van der Waals surface area contributed by atoms with Gasteiger partial charge < -0.3 is 15.6 Å². The summed E-state index contributed by atoms with van der Waals surface area (Å²) in [4.78, 5) is 37.8. The Bertz CT molecular complexity index is 1300. The normalized spacial score (nSPS) is 14.7. The summed E-state index contributed by atoms with van der Waals surface area (Å²) in [6, 6.07) is 18.1. The van der Waals surface area contributed by atoms with Crippen LogP contribution in [0.5, 0.6) is 11.5 Å². The molecule has 0 atom stereocenters. The van der Waals surface area contributed by atoms with Crippen molar-refractivity contribution >= 4 is 41.1 Å². The van der Waals surface area contributed by atoms with Crippen LogP contribution in [0.25, 0.3) is 6.08 Å². The average molecular weight is 463 g/mol. The van der Waals surface area contributed by atoms with Gasteiger partial charge in [-0.1, -0.05) is 41.9 Å². The van der Waals surface area contributed by atoms with E-state index >= 15 is 0 Å². The first-order chi connectivity index (χ1) is 15.8. The molecule has 8 heteroatoms. The van der Waals surface area contributed by atoms with E-state index in [1.807, 2.05) is 0 Å². The number of imide groups is 1. The molecule has 1 saturated heterocycles. The van der Waals surface area contributed by atoms with Crippen molar-refractivity contribution in [3.05, 3.63) is 94.0 Å². The van der Waals surface area contributed by atoms with E-state index in [9.17, 15) is 19.5 Å². The Balaban J connectivity index is 1.55. The number of ether oxygens (including phenoxy) is 1. The van der Waals surface area contributed by atoms with Gasteiger partial charge in [0.1, 0.15) is 18.1 Å². The Labute approximate surface area is 194 Å². The van der Waals surface area contributed by atoms with Crippen molar-refractivity contribution in [1.82, 2.24) is 0 Å². The van der Waals surface area contributed by atoms with Crippen LogP contribution in [0.4, 0.5) is 5.69 Å². The molecule has 0 radical (unpaired) electrons. The van der Waals surface area contributed by atoms with Crippen molar-refractivity contribution in [2.24, 2.45) is 5.73 Å². The summed E-state index contributed by atoms with van der Waals surface area (Å²) in [5.74, 6) is -1.21. The smallest absolute Gasteiger partial charge is 0.261 e. The third-order valence-corrected chi connectivity index (χ3v) is 5.34. The maximum absolute atomic E-state index is 12.9. The molecule has 33 heavy (non-hydrogen) atoms. The van der Waals surface area contributed by atoms with Crippen molar-refractivity contribution in [2.45, 2.75) is 13.0 Å². The molecule has 7 nitrogen and oxygen atoms in total. The molecule has 0 spiro atoms. The molecule has 0 aliphatic carbocycles. The predicted octanol–water partition coefficient (Wildman–Crippen LogP) is 4.07. The highest BCUT2D eigenvalue weighted by molar-refractivity contribution is 6.32. The first-order valence-electron chi connectivity index (χ1n) is 10.0. The van der Waals surface area contributed by atoms with Gasteiger partial charge in [0.2, 0.25) is 5.91 Å². The number of primary amides is 1. The number of nitrogens with two attached hydrogens (primary N) is 1. The quantitative estimate of drug-likeness (QED) is 0.424. The maximum atomic E-state index is 12.9. The Morgan fingerprint density at radius 1 is 1.09 bits per heavy atom. The van der Waals surface area contributed by atoms with Gasteiger partial charge in [0, 0.05) is 16.2 Å². The molecule has 1 heterocycles. The minimum absolute atomic E-state index is 0.0255. The van der Waals surface area contributed by atoms with Gasteiger partial charge in [-0.2, -0.15) is 0 Å². The lowest BCUT2D eigenvalue weighted by Crippen LogP contribution is -2.28. The lowest BCUT2D eigenvalue weighted by atomic mass is 10.1. The zero-order chi connectivity index (χ0) is 23.5. The summed E-state index contributed by atoms with van der Waals surface area (Å²) < 4.78 is 5.88. The molecule has 0 aromatic heterocycles. The summed E-state index contributed by atoms with van der Waals surface area (Å²) in [6.07, 6.45) is 1.59. The number of hydrogen-bond acceptors (Lipinski definition) is 5. The lowest BCUT2D eigenvalue weighted by Gasteiger charge is -2.13. The van der Waals surface area contributed by atoms with Gasteiger partial charge in [-0.15, -0.1) is 0 Å². The fourth-order valence-electron chi connectivity index (χ4n) is 3.52. The van der Waals surface area contributed by atoms with Crippen molar-refractivity contribution in [1.29, 1.82) is 0 Å². The minimum atomic E-state index is -0.723. The van der Waals surface area contributed by atoms with Gasteiger partial charge in [0.15, 0.2) is 0 Å². The second kappa shape index (κ2) is 9.18. The van der Waals surface area contributed by atoms with Gasteiger partial charge in [0.25, 0.3) is 11.8 Å². The molecular formula is C25H19ClN2O5. The Kier molecular flexibility index (Phi) is 6.15. The zero-order valence-corrected chi connectivity index (χ0v) is 18.1. The fraction of sp³-hybridized carbons (Fsp3) is 0.0800. The minimum Gasteiger partial charge on any atom is -0.507 e. The molecule has 166 valence electrons. The third kappa shape index (κ3) is 4.73. The number of benzene rings is 3. The average Bonchev–Trinajstić information content (AvgIpc) is 3.05. The SMILES string of the molecule is NC(=O)c1ccc(COc2ccccc2/C=C2\CC(=O)N(c3cccc(Cl)c3)C2=O)cc1O. The maximum Gasteiger partial charge on any atom is 0.261 e. The van der Waals surface area contributed by atoms with Crippen LogP contribution in [-0.2, 0) is 16.2 Å². The number of halogens is 1. The largest absolute Gasteiger partial charge is 0.507 e. The number of aromatic hydroxyl groups is 1. The molecule has 0 unspecified atom stereocenters. The fourth-order valence-corrected chi connectivity index (χ4v) is 3.70. The van der Waals surface area contributed by atoms with Crippen molar-refractivity contribution < 1.29 is 24.2 Å². The van der Waals surface area contributed by atoms with Crippen LogP contribution in [0, 0.1) is 0 Å². The molecule has 3 amide bonds. The number of nitrogens with zero attached hydrogens (tertiary/aromatic N) is 1. The summed E-state index contributed by atoms with van der Waals surface area (Å²) in [6.45, 7) is 0.105. The number of phenols is 1. The number of para-hydroxylation sites is 1. The first kappa shape index (κ1) is 22.1. The van der Waals surface area contributed by atoms with Crippen LogP contribution in [0.3, 0.4) is 0 Å². The van der Waals surface area contributed by atoms with Gasteiger partial charge in [-0.25, -0.2) is 4.90 Å². The van der Waals surface area contributed by atoms with Crippen LogP contribution in [0.15, 0.2) is 72.3 Å². The Morgan fingerprint density at radius 3 is 2.61 bits per heavy atom. The summed E-state index contributed by atoms with van der Waals surface area (Å²) in [5.41, 5.74) is 7.23. The molecule has 1 fully saturated rings. The molecule has 3 aromatic carbocycles. The van der Waals surface area contributed by atoms with E-state index in [4.69, 9.17) is 22.1 Å². The molecule has 4 rings (SSSR count). The molecule has 0 bridgehead atoms. The van der Waals surface area contributed by atoms with E-state index in [-0.39, 0.29) is 30.2 Å². The van der Waals surface area contributed by atoms with Crippen molar-refractivity contribution in [3.8, 4) is 11.5 Å².